The fourth-order valence-corrected chi connectivity index (χ4v) is 3.99. The molecule has 0 spiro atoms. The van der Waals surface area contributed by atoms with Gasteiger partial charge >= 0.3 is 12.5 Å². The predicted octanol–water partition coefficient (Wildman–Crippen LogP) is 5.16. The van der Waals surface area contributed by atoms with E-state index in [1.807, 2.05) is 34.5 Å². The van der Waals surface area contributed by atoms with Crippen molar-refractivity contribution in [1.29, 1.82) is 0 Å². The lowest BCUT2D eigenvalue weighted by molar-refractivity contribution is -0.131. The molecule has 6 nitrogen and oxygen atoms in total. The van der Waals surface area contributed by atoms with Crippen LogP contribution >= 0.6 is 0 Å². The van der Waals surface area contributed by atoms with Gasteiger partial charge in [-0.2, -0.15) is 8.78 Å². The van der Waals surface area contributed by atoms with Gasteiger partial charge in [-0.1, -0.05) is 57.2 Å². The maximum atomic E-state index is 13.5. The number of halogens is 2. The van der Waals surface area contributed by atoms with Crippen molar-refractivity contribution < 1.29 is 23.2 Å². The number of Topliss-reactive ketones (excluding diaryl/α,β-unsaturated/α-hetero) is 1. The first-order valence-corrected chi connectivity index (χ1v) is 11.9. The number of urea groups is 1. The maximum absolute atomic E-state index is 13.5. The number of benzene rings is 2. The minimum atomic E-state index is -3.16. The number of ketones is 1. The molecule has 8 heteroatoms. The normalized spacial score (nSPS) is 14.1. The van der Waals surface area contributed by atoms with Gasteiger partial charge in [-0.05, 0) is 47.9 Å². The van der Waals surface area contributed by atoms with E-state index in [-0.39, 0.29) is 11.4 Å². The molecule has 3 rings (SSSR count). The van der Waals surface area contributed by atoms with Crippen molar-refractivity contribution in [3.63, 3.8) is 0 Å². The van der Waals surface area contributed by atoms with E-state index in [9.17, 15) is 23.2 Å². The predicted molar refractivity (Wildman–Crippen MR) is 132 cm³/mol. The standard InChI is InChI=1S/C27H33F2N3O3/c1-27(2,3)21-11-13-22(14-12-21)32(26(35)31-15-5-4-6-16-31)18-19-7-9-20(10-8-19)23(33)17-30-25(34)24(28)29/h7-14,24H,4-6,15-18H2,1-3H3,(H,30,34). The summed E-state index contributed by atoms with van der Waals surface area (Å²) in [5.74, 6) is -1.94. The third-order valence-corrected chi connectivity index (χ3v) is 6.14. The Hall–Kier alpha value is -3.29. The van der Waals surface area contributed by atoms with Crippen molar-refractivity contribution >= 4 is 23.4 Å². The molecular formula is C27H33F2N3O3. The van der Waals surface area contributed by atoms with E-state index >= 15 is 0 Å². The van der Waals surface area contributed by atoms with E-state index in [4.69, 9.17) is 0 Å². The Morgan fingerprint density at radius 2 is 1.54 bits per heavy atom. The van der Waals surface area contributed by atoms with Gasteiger partial charge in [0.2, 0.25) is 0 Å². The van der Waals surface area contributed by atoms with Crippen molar-refractivity contribution in [1.82, 2.24) is 10.2 Å². The molecule has 2 aromatic carbocycles. The van der Waals surface area contributed by atoms with Gasteiger partial charge in [0.15, 0.2) is 5.78 Å². The second-order valence-corrected chi connectivity index (χ2v) is 9.85. The molecule has 2 aromatic rings. The van der Waals surface area contributed by atoms with Gasteiger partial charge in [0, 0.05) is 24.3 Å². The smallest absolute Gasteiger partial charge is 0.324 e. The number of hydrogen-bond donors (Lipinski definition) is 1. The van der Waals surface area contributed by atoms with Crippen LogP contribution in [0, 0.1) is 0 Å². The summed E-state index contributed by atoms with van der Waals surface area (Å²) in [6.07, 6.45) is -0.0636. The van der Waals surface area contributed by atoms with Crippen LogP contribution in [0.25, 0.3) is 0 Å². The van der Waals surface area contributed by atoms with E-state index < -0.39 is 24.7 Å². The van der Waals surface area contributed by atoms with Gasteiger partial charge in [-0.15, -0.1) is 0 Å². The van der Waals surface area contributed by atoms with Crippen LogP contribution in [0.15, 0.2) is 48.5 Å². The quantitative estimate of drug-likeness (QED) is 0.551. The molecule has 3 amide bonds. The number of piperidine rings is 1. The second-order valence-electron chi connectivity index (χ2n) is 9.85. The number of hydrogen-bond acceptors (Lipinski definition) is 3. The van der Waals surface area contributed by atoms with E-state index in [1.54, 1.807) is 29.2 Å². The molecule has 1 N–H and O–H groups in total. The maximum Gasteiger partial charge on any atom is 0.324 e. The van der Waals surface area contributed by atoms with E-state index in [2.05, 4.69) is 20.8 Å². The van der Waals surface area contributed by atoms with Gasteiger partial charge in [0.25, 0.3) is 5.91 Å². The molecule has 0 aliphatic carbocycles. The highest BCUT2D eigenvalue weighted by Crippen LogP contribution is 2.27. The second kappa shape index (κ2) is 11.4. The molecule has 0 saturated carbocycles. The van der Waals surface area contributed by atoms with Gasteiger partial charge in [0.1, 0.15) is 0 Å². The summed E-state index contributed by atoms with van der Waals surface area (Å²) < 4.78 is 24.6. The fourth-order valence-electron chi connectivity index (χ4n) is 3.99. The first kappa shape index (κ1) is 26.3. The highest BCUT2D eigenvalue weighted by molar-refractivity contribution is 5.99. The lowest BCUT2D eigenvalue weighted by atomic mass is 9.87. The van der Waals surface area contributed by atoms with Gasteiger partial charge in [-0.25, -0.2) is 4.79 Å². The Labute approximate surface area is 205 Å². The number of alkyl halides is 2. The molecular weight excluding hydrogens is 452 g/mol. The van der Waals surface area contributed by atoms with E-state index in [0.29, 0.717) is 12.1 Å². The molecule has 1 aliphatic rings. The van der Waals surface area contributed by atoms with Gasteiger partial charge < -0.3 is 10.2 Å². The molecule has 0 atom stereocenters. The van der Waals surface area contributed by atoms with Crippen LogP contribution in [0.1, 0.15) is 61.5 Å². The highest BCUT2D eigenvalue weighted by Gasteiger charge is 2.25. The third kappa shape index (κ3) is 7.10. The van der Waals surface area contributed by atoms with Crippen molar-refractivity contribution in [2.24, 2.45) is 0 Å². The van der Waals surface area contributed by atoms with Crippen LogP contribution in [0.2, 0.25) is 0 Å². The van der Waals surface area contributed by atoms with Crippen LogP contribution in [0.5, 0.6) is 0 Å². The SMILES string of the molecule is CC(C)(C)c1ccc(N(Cc2ccc(C(=O)CNC(=O)C(F)F)cc2)C(=O)N2CCCCC2)cc1. The minimum absolute atomic E-state index is 0.00259. The summed E-state index contributed by atoms with van der Waals surface area (Å²) in [5, 5.41) is 1.92. The molecule has 1 heterocycles. The zero-order valence-corrected chi connectivity index (χ0v) is 20.5. The fraction of sp³-hybridized carbons (Fsp3) is 0.444. The molecule has 1 aliphatic heterocycles. The van der Waals surface area contributed by atoms with Crippen LogP contribution in [-0.4, -0.2) is 48.7 Å². The lowest BCUT2D eigenvalue weighted by Gasteiger charge is -2.33. The van der Waals surface area contributed by atoms with Crippen molar-refractivity contribution in [3.05, 3.63) is 65.2 Å². The number of nitrogens with one attached hydrogen (secondary N) is 1. The van der Waals surface area contributed by atoms with Crippen molar-refractivity contribution in [2.75, 3.05) is 24.5 Å². The first-order valence-electron chi connectivity index (χ1n) is 11.9. The summed E-state index contributed by atoms with van der Waals surface area (Å²) in [5.41, 5.74) is 3.09. The Morgan fingerprint density at radius 3 is 2.09 bits per heavy atom. The lowest BCUT2D eigenvalue weighted by Crippen LogP contribution is -2.45. The summed E-state index contributed by atoms with van der Waals surface area (Å²) in [6, 6.07) is 14.6. The van der Waals surface area contributed by atoms with E-state index in [1.165, 1.54) is 5.56 Å². The Morgan fingerprint density at radius 1 is 0.943 bits per heavy atom. The summed E-state index contributed by atoms with van der Waals surface area (Å²) in [7, 11) is 0. The summed E-state index contributed by atoms with van der Waals surface area (Å²) in [6.45, 7) is 7.70. The highest BCUT2D eigenvalue weighted by atomic mass is 19.3. The number of carbonyl (C=O) groups is 3. The third-order valence-electron chi connectivity index (χ3n) is 6.14. The molecule has 1 saturated heterocycles. The van der Waals surface area contributed by atoms with E-state index in [0.717, 1.165) is 43.6 Å². The average molecular weight is 486 g/mol. The Bertz CT molecular complexity index is 1030. The number of nitrogens with zero attached hydrogens (tertiary/aromatic N) is 2. The Balaban J connectivity index is 1.77. The number of anilines is 1. The number of carbonyl (C=O) groups excluding carboxylic acids is 3. The Kier molecular flexibility index (Phi) is 8.59. The monoisotopic (exact) mass is 485 g/mol. The van der Waals surface area contributed by atoms with Crippen molar-refractivity contribution in [2.45, 2.75) is 58.4 Å². The number of amides is 3. The molecule has 0 bridgehead atoms. The van der Waals surface area contributed by atoms with Crippen LogP contribution in [0.4, 0.5) is 19.3 Å². The van der Waals surface area contributed by atoms with Gasteiger partial charge in [-0.3, -0.25) is 14.5 Å². The zero-order chi connectivity index (χ0) is 25.6. The molecule has 0 unspecified atom stereocenters. The molecule has 35 heavy (non-hydrogen) atoms. The summed E-state index contributed by atoms with van der Waals surface area (Å²) in [4.78, 5) is 40.3. The van der Waals surface area contributed by atoms with Crippen molar-refractivity contribution in [3.8, 4) is 0 Å². The van der Waals surface area contributed by atoms with Crippen LogP contribution in [0.3, 0.4) is 0 Å². The minimum Gasteiger partial charge on any atom is -0.344 e. The summed E-state index contributed by atoms with van der Waals surface area (Å²) >= 11 is 0. The number of likely N-dealkylation sites (tertiary alicyclic amines) is 1. The van der Waals surface area contributed by atoms with Gasteiger partial charge in [0.05, 0.1) is 13.1 Å². The molecule has 188 valence electrons. The van der Waals surface area contributed by atoms with Crippen LogP contribution < -0.4 is 10.2 Å². The van der Waals surface area contributed by atoms with Crippen LogP contribution in [-0.2, 0) is 16.8 Å². The zero-order valence-electron chi connectivity index (χ0n) is 20.5. The molecule has 1 fully saturated rings. The topological polar surface area (TPSA) is 69.7 Å². The average Bonchev–Trinajstić information content (AvgIpc) is 2.85. The molecule has 0 aromatic heterocycles. The largest absolute Gasteiger partial charge is 0.344 e. The number of rotatable bonds is 7. The molecule has 0 radical (unpaired) electrons. The first-order chi connectivity index (χ1) is 16.6.